The van der Waals surface area contributed by atoms with Gasteiger partial charge in [-0.05, 0) is 61.8 Å². The van der Waals surface area contributed by atoms with Crippen molar-refractivity contribution in [3.05, 3.63) is 52.2 Å². The second-order valence-electron chi connectivity index (χ2n) is 7.11. The molecule has 3 rings (SSSR count). The van der Waals surface area contributed by atoms with Crippen LogP contribution in [0, 0.1) is 12.8 Å². The van der Waals surface area contributed by atoms with Crippen molar-refractivity contribution < 1.29 is 9.53 Å². The van der Waals surface area contributed by atoms with Crippen LogP contribution in [0.25, 0.3) is 0 Å². The molecule has 2 heterocycles. The van der Waals surface area contributed by atoms with Gasteiger partial charge < -0.3 is 10.1 Å². The lowest BCUT2D eigenvalue weighted by Crippen LogP contribution is -2.42. The van der Waals surface area contributed by atoms with E-state index >= 15 is 0 Å². The fourth-order valence-corrected chi connectivity index (χ4v) is 4.21. The van der Waals surface area contributed by atoms with Gasteiger partial charge in [0.15, 0.2) is 6.61 Å². The summed E-state index contributed by atoms with van der Waals surface area (Å²) in [5, 5.41) is 5.18. The minimum atomic E-state index is -0.0693. The van der Waals surface area contributed by atoms with E-state index in [2.05, 4.69) is 34.7 Å². The average Bonchev–Trinajstić information content (AvgIpc) is 3.17. The second-order valence-corrected chi connectivity index (χ2v) is 8.09. The van der Waals surface area contributed by atoms with Gasteiger partial charge in [0.1, 0.15) is 5.75 Å². The Labute approximate surface area is 160 Å². The maximum absolute atomic E-state index is 12.3. The molecule has 1 N–H and O–H groups in total. The minimum Gasteiger partial charge on any atom is -0.484 e. The van der Waals surface area contributed by atoms with E-state index in [4.69, 9.17) is 4.74 Å². The van der Waals surface area contributed by atoms with Crippen LogP contribution in [0.1, 0.15) is 36.2 Å². The summed E-state index contributed by atoms with van der Waals surface area (Å²) in [6.07, 6.45) is 2.46. The number of aryl methyl sites for hydroxylation is 1. The van der Waals surface area contributed by atoms with Gasteiger partial charge in [-0.15, -0.1) is 11.3 Å². The fourth-order valence-electron chi connectivity index (χ4n) is 3.35. The molecule has 26 heavy (non-hydrogen) atoms. The maximum atomic E-state index is 12.3. The largest absolute Gasteiger partial charge is 0.484 e. The van der Waals surface area contributed by atoms with E-state index < -0.39 is 0 Å². The van der Waals surface area contributed by atoms with Crippen molar-refractivity contribution in [3.63, 3.8) is 0 Å². The first-order valence-electron chi connectivity index (χ1n) is 9.36. The number of benzene rings is 1. The Morgan fingerprint density at radius 3 is 2.73 bits per heavy atom. The van der Waals surface area contributed by atoms with Gasteiger partial charge in [-0.2, -0.15) is 0 Å². The number of thiophene rings is 1. The Hall–Kier alpha value is -1.85. The smallest absolute Gasteiger partial charge is 0.258 e. The highest BCUT2D eigenvalue weighted by Crippen LogP contribution is 2.29. The van der Waals surface area contributed by atoms with Crippen LogP contribution in [0.2, 0.25) is 0 Å². The number of piperidine rings is 1. The van der Waals surface area contributed by atoms with Crippen molar-refractivity contribution in [2.75, 3.05) is 26.2 Å². The van der Waals surface area contributed by atoms with E-state index in [0.29, 0.717) is 6.54 Å². The van der Waals surface area contributed by atoms with Crippen LogP contribution in [-0.2, 0) is 4.79 Å². The van der Waals surface area contributed by atoms with Crippen LogP contribution in [0.15, 0.2) is 41.8 Å². The summed E-state index contributed by atoms with van der Waals surface area (Å²) in [7, 11) is 0. The molecular formula is C21H28N2O2S. The Balaban J connectivity index is 1.54. The monoisotopic (exact) mass is 372 g/mol. The number of amides is 1. The number of rotatable bonds is 7. The first-order valence-corrected chi connectivity index (χ1v) is 10.2. The molecule has 5 heteroatoms. The molecule has 1 aliphatic rings. The van der Waals surface area contributed by atoms with Crippen molar-refractivity contribution in [3.8, 4) is 5.75 Å². The van der Waals surface area contributed by atoms with Gasteiger partial charge in [0, 0.05) is 11.4 Å². The van der Waals surface area contributed by atoms with Gasteiger partial charge in [-0.3, -0.25) is 9.69 Å². The van der Waals surface area contributed by atoms with E-state index in [-0.39, 0.29) is 18.6 Å². The normalized spacial score (nSPS) is 17.0. The molecule has 1 aromatic heterocycles. The number of likely N-dealkylation sites (tertiary alicyclic amines) is 1. The van der Waals surface area contributed by atoms with E-state index in [1.807, 2.05) is 31.2 Å². The zero-order valence-electron chi connectivity index (χ0n) is 15.6. The molecule has 0 radical (unpaired) electrons. The van der Waals surface area contributed by atoms with Gasteiger partial charge >= 0.3 is 0 Å². The summed E-state index contributed by atoms with van der Waals surface area (Å²) >= 11 is 1.77. The third-order valence-corrected chi connectivity index (χ3v) is 6.05. The molecule has 0 spiro atoms. The number of hydrogen-bond donors (Lipinski definition) is 1. The van der Waals surface area contributed by atoms with Crippen LogP contribution >= 0.6 is 11.3 Å². The van der Waals surface area contributed by atoms with E-state index in [0.717, 1.165) is 30.3 Å². The van der Waals surface area contributed by atoms with Crippen molar-refractivity contribution >= 4 is 17.2 Å². The lowest BCUT2D eigenvalue weighted by atomic mass is 9.97. The molecule has 1 aliphatic heterocycles. The average molecular weight is 373 g/mol. The summed E-state index contributed by atoms with van der Waals surface area (Å²) < 4.78 is 5.66. The zero-order valence-corrected chi connectivity index (χ0v) is 16.4. The van der Waals surface area contributed by atoms with E-state index in [1.54, 1.807) is 11.3 Å². The third-order valence-electron chi connectivity index (χ3n) is 5.08. The predicted octanol–water partition coefficient (Wildman–Crippen LogP) is 4.02. The first-order chi connectivity index (χ1) is 12.6. The second kappa shape index (κ2) is 9.19. The summed E-state index contributed by atoms with van der Waals surface area (Å²) in [6, 6.07) is 12.3. The van der Waals surface area contributed by atoms with Crippen molar-refractivity contribution in [1.29, 1.82) is 0 Å². The van der Waals surface area contributed by atoms with Crippen LogP contribution in [0.5, 0.6) is 5.75 Å². The Bertz CT molecular complexity index is 694. The highest BCUT2D eigenvalue weighted by molar-refractivity contribution is 7.10. The first kappa shape index (κ1) is 18.9. The van der Waals surface area contributed by atoms with Gasteiger partial charge in [0.25, 0.3) is 5.91 Å². The van der Waals surface area contributed by atoms with Crippen molar-refractivity contribution in [2.45, 2.75) is 32.7 Å². The quantitative estimate of drug-likeness (QED) is 0.798. The Kier molecular flexibility index (Phi) is 6.69. The SMILES string of the molecule is Cc1ccccc1OCC(=O)NC[C@H](c1cccs1)N1CCC(C)CC1. The number of nitrogens with one attached hydrogen (secondary N) is 1. The lowest BCUT2D eigenvalue weighted by molar-refractivity contribution is -0.123. The molecule has 0 saturated carbocycles. The third kappa shape index (κ3) is 5.08. The molecule has 1 aromatic carbocycles. The van der Waals surface area contributed by atoms with E-state index in [9.17, 15) is 4.79 Å². The maximum Gasteiger partial charge on any atom is 0.258 e. The minimum absolute atomic E-state index is 0.0546. The van der Waals surface area contributed by atoms with Crippen LogP contribution in [-0.4, -0.2) is 37.0 Å². The predicted molar refractivity (Wildman–Crippen MR) is 107 cm³/mol. The zero-order chi connectivity index (χ0) is 18.4. The van der Waals surface area contributed by atoms with Crippen LogP contribution in [0.4, 0.5) is 0 Å². The molecule has 1 atom stereocenters. The number of carbonyl (C=O) groups is 1. The van der Waals surface area contributed by atoms with Gasteiger partial charge in [-0.25, -0.2) is 0 Å². The Morgan fingerprint density at radius 1 is 1.27 bits per heavy atom. The fraction of sp³-hybridized carbons (Fsp3) is 0.476. The molecule has 2 aromatic rings. The number of carbonyl (C=O) groups excluding carboxylic acids is 1. The standard InChI is InChI=1S/C21H28N2O2S/c1-16-9-11-23(12-10-16)18(20-8-5-13-26-20)14-22-21(24)15-25-19-7-4-3-6-17(19)2/h3-8,13,16,18H,9-12,14-15H2,1-2H3,(H,22,24)/t18-/m1/s1. The topological polar surface area (TPSA) is 41.6 Å². The Morgan fingerprint density at radius 2 is 2.04 bits per heavy atom. The number of para-hydroxylation sites is 1. The summed E-state index contributed by atoms with van der Waals surface area (Å²) in [5.41, 5.74) is 1.04. The summed E-state index contributed by atoms with van der Waals surface area (Å²) in [5.74, 6) is 1.50. The van der Waals surface area contributed by atoms with Crippen molar-refractivity contribution in [1.82, 2.24) is 10.2 Å². The molecule has 140 valence electrons. The summed E-state index contributed by atoms with van der Waals surface area (Å²) in [6.45, 7) is 7.18. The molecule has 4 nitrogen and oxygen atoms in total. The highest BCUT2D eigenvalue weighted by Gasteiger charge is 2.25. The van der Waals surface area contributed by atoms with Crippen LogP contribution in [0.3, 0.4) is 0 Å². The van der Waals surface area contributed by atoms with Gasteiger partial charge in [-0.1, -0.05) is 31.2 Å². The van der Waals surface area contributed by atoms with Crippen molar-refractivity contribution in [2.24, 2.45) is 5.92 Å². The van der Waals surface area contributed by atoms with Crippen LogP contribution < -0.4 is 10.1 Å². The highest BCUT2D eigenvalue weighted by atomic mass is 32.1. The molecular weight excluding hydrogens is 344 g/mol. The molecule has 0 bridgehead atoms. The van der Waals surface area contributed by atoms with Gasteiger partial charge in [0.05, 0.1) is 6.04 Å². The molecule has 1 fully saturated rings. The number of nitrogens with zero attached hydrogens (tertiary/aromatic N) is 1. The van der Waals surface area contributed by atoms with E-state index in [1.165, 1.54) is 17.7 Å². The van der Waals surface area contributed by atoms with Gasteiger partial charge in [0.2, 0.25) is 0 Å². The molecule has 1 saturated heterocycles. The molecule has 1 amide bonds. The lowest BCUT2D eigenvalue weighted by Gasteiger charge is -2.36. The number of ether oxygens (including phenoxy) is 1. The summed E-state index contributed by atoms with van der Waals surface area (Å²) in [4.78, 5) is 16.1. The number of hydrogen-bond acceptors (Lipinski definition) is 4. The molecule has 0 aliphatic carbocycles. The molecule has 0 unspecified atom stereocenters.